The van der Waals surface area contributed by atoms with Crippen LogP contribution in [0, 0.1) is 5.92 Å². The lowest BCUT2D eigenvalue weighted by atomic mass is 9.73. The number of halogens is 1. The van der Waals surface area contributed by atoms with E-state index in [2.05, 4.69) is 15.2 Å². The molecule has 6 rings (SSSR count). The number of aliphatic hydroxyl groups excluding tert-OH is 1. The zero-order valence-corrected chi connectivity index (χ0v) is 21.0. The molecule has 1 aromatic carbocycles. The molecule has 0 radical (unpaired) electrons. The molecule has 3 aliphatic heterocycles. The summed E-state index contributed by atoms with van der Waals surface area (Å²) < 4.78 is 6.04. The number of aromatic nitrogens is 1. The highest BCUT2D eigenvalue weighted by Crippen LogP contribution is 2.46. The number of anilines is 2. The standard InChI is InChI=1S/C27H31ClN4O4/c28-19-2-3-23-22(14-19)27(26(35)30-23)5-7-31(8-6-27)9-10-36-21-13-18-1-4-24(34)32(25(18)29-15-21)20-11-17(12-20)16-33/h2-3,13-15,17,20,33H,1,4-12,16H2,(H,30,35)/t17-,20+. The van der Waals surface area contributed by atoms with Gasteiger partial charge in [-0.25, -0.2) is 4.98 Å². The Labute approximate surface area is 215 Å². The second-order valence-electron chi connectivity index (χ2n) is 10.5. The van der Waals surface area contributed by atoms with Crippen molar-refractivity contribution in [1.29, 1.82) is 0 Å². The average molecular weight is 511 g/mol. The maximum atomic E-state index is 12.8. The third kappa shape index (κ3) is 4.05. The Morgan fingerprint density at radius 3 is 2.75 bits per heavy atom. The van der Waals surface area contributed by atoms with Crippen LogP contribution >= 0.6 is 11.6 Å². The van der Waals surface area contributed by atoms with Crippen LogP contribution in [-0.4, -0.2) is 65.7 Å². The normalized spacial score (nSPS) is 24.8. The molecular weight excluding hydrogens is 480 g/mol. The number of hydrogen-bond donors (Lipinski definition) is 2. The van der Waals surface area contributed by atoms with E-state index in [0.29, 0.717) is 24.5 Å². The number of nitrogens with one attached hydrogen (secondary N) is 1. The number of hydrogen-bond acceptors (Lipinski definition) is 6. The van der Waals surface area contributed by atoms with Crippen molar-refractivity contribution in [3.63, 3.8) is 0 Å². The maximum Gasteiger partial charge on any atom is 0.235 e. The number of aliphatic hydroxyl groups is 1. The quantitative estimate of drug-likeness (QED) is 0.620. The highest BCUT2D eigenvalue weighted by molar-refractivity contribution is 6.31. The summed E-state index contributed by atoms with van der Waals surface area (Å²) in [5.41, 5.74) is 2.47. The van der Waals surface area contributed by atoms with E-state index in [1.165, 1.54) is 0 Å². The van der Waals surface area contributed by atoms with E-state index in [4.69, 9.17) is 16.3 Å². The van der Waals surface area contributed by atoms with Crippen LogP contribution in [0.4, 0.5) is 11.5 Å². The summed E-state index contributed by atoms with van der Waals surface area (Å²) in [4.78, 5) is 34.2. The summed E-state index contributed by atoms with van der Waals surface area (Å²) in [6, 6.07) is 7.79. The van der Waals surface area contributed by atoms with Crippen LogP contribution in [0.5, 0.6) is 5.75 Å². The molecule has 9 heteroatoms. The number of nitrogens with zero attached hydrogens (tertiary/aromatic N) is 3. The summed E-state index contributed by atoms with van der Waals surface area (Å²) in [5, 5.41) is 13.0. The van der Waals surface area contributed by atoms with Crippen molar-refractivity contribution in [3.05, 3.63) is 46.6 Å². The van der Waals surface area contributed by atoms with Gasteiger partial charge < -0.3 is 15.2 Å². The highest BCUT2D eigenvalue weighted by Gasteiger charge is 2.48. The van der Waals surface area contributed by atoms with Crippen molar-refractivity contribution in [2.45, 2.75) is 50.0 Å². The van der Waals surface area contributed by atoms with Crippen molar-refractivity contribution in [1.82, 2.24) is 9.88 Å². The van der Waals surface area contributed by atoms with Crippen molar-refractivity contribution < 1.29 is 19.4 Å². The minimum absolute atomic E-state index is 0.0807. The van der Waals surface area contributed by atoms with Gasteiger partial charge in [-0.3, -0.25) is 19.4 Å². The summed E-state index contributed by atoms with van der Waals surface area (Å²) >= 11 is 6.23. The Kier molecular flexibility index (Phi) is 6.14. The van der Waals surface area contributed by atoms with Gasteiger partial charge in [0.15, 0.2) is 0 Å². The van der Waals surface area contributed by atoms with Gasteiger partial charge in [0, 0.05) is 36.3 Å². The van der Waals surface area contributed by atoms with Gasteiger partial charge in [-0.05, 0) is 86.5 Å². The number of benzene rings is 1. The van der Waals surface area contributed by atoms with Crippen LogP contribution in [0.2, 0.25) is 5.02 Å². The van der Waals surface area contributed by atoms with E-state index >= 15 is 0 Å². The number of rotatable bonds is 6. The van der Waals surface area contributed by atoms with Crippen LogP contribution in [0.15, 0.2) is 30.5 Å². The number of pyridine rings is 1. The lowest BCUT2D eigenvalue weighted by Gasteiger charge is -2.43. The Bertz CT molecular complexity index is 1190. The molecule has 0 atom stereocenters. The number of carbonyl (C=O) groups is 2. The first-order valence-electron chi connectivity index (χ1n) is 12.9. The molecule has 36 heavy (non-hydrogen) atoms. The molecule has 2 amide bonds. The molecule has 190 valence electrons. The number of fused-ring (bicyclic) bond motifs is 3. The van der Waals surface area contributed by atoms with Crippen LogP contribution in [-0.2, 0) is 21.4 Å². The van der Waals surface area contributed by atoms with Gasteiger partial charge >= 0.3 is 0 Å². The van der Waals surface area contributed by atoms with E-state index in [1.54, 1.807) is 6.20 Å². The number of piperidine rings is 1. The molecule has 1 saturated heterocycles. The molecule has 4 aliphatic rings. The number of carbonyl (C=O) groups excluding carboxylic acids is 2. The Balaban J connectivity index is 1.04. The fraction of sp³-hybridized carbons (Fsp3) is 0.519. The predicted molar refractivity (Wildman–Crippen MR) is 137 cm³/mol. The Hall–Kier alpha value is -2.68. The van der Waals surface area contributed by atoms with E-state index in [0.717, 1.165) is 73.7 Å². The molecular formula is C27H31ClN4O4. The third-order valence-corrected chi connectivity index (χ3v) is 8.66. The molecule has 0 unspecified atom stereocenters. The molecule has 2 aromatic rings. The molecule has 4 heterocycles. The number of amides is 2. The van der Waals surface area contributed by atoms with Crippen LogP contribution in [0.1, 0.15) is 43.2 Å². The fourth-order valence-electron chi connectivity index (χ4n) is 6.21. The van der Waals surface area contributed by atoms with Gasteiger partial charge in [-0.2, -0.15) is 0 Å². The van der Waals surface area contributed by atoms with Gasteiger partial charge in [0.25, 0.3) is 0 Å². The maximum absolute atomic E-state index is 12.8. The SMILES string of the molecule is O=C1CCc2cc(OCCN3CCC4(CC3)C(=O)Nc3ccc(Cl)cc34)cnc2N1[C@H]1C[C@@H](CO)C1. The summed E-state index contributed by atoms with van der Waals surface area (Å²) in [6.07, 6.45) is 6.05. The number of ether oxygens (including phenoxy) is 1. The molecule has 1 aliphatic carbocycles. The van der Waals surface area contributed by atoms with Crippen molar-refractivity contribution in [2.75, 3.05) is 43.1 Å². The molecule has 2 fully saturated rings. The fourth-order valence-corrected chi connectivity index (χ4v) is 6.38. The highest BCUT2D eigenvalue weighted by atomic mass is 35.5. The molecule has 0 bridgehead atoms. The topological polar surface area (TPSA) is 95.0 Å². The third-order valence-electron chi connectivity index (χ3n) is 8.42. The second kappa shape index (κ2) is 9.32. The monoisotopic (exact) mass is 510 g/mol. The largest absolute Gasteiger partial charge is 0.491 e. The Morgan fingerprint density at radius 2 is 1.97 bits per heavy atom. The van der Waals surface area contributed by atoms with Gasteiger partial charge in [0.05, 0.1) is 11.6 Å². The minimum atomic E-state index is -0.485. The Morgan fingerprint density at radius 1 is 1.17 bits per heavy atom. The molecule has 1 aromatic heterocycles. The van der Waals surface area contributed by atoms with Crippen LogP contribution < -0.4 is 15.0 Å². The molecule has 8 nitrogen and oxygen atoms in total. The first-order chi connectivity index (χ1) is 17.5. The lowest BCUT2D eigenvalue weighted by Crippen LogP contribution is -2.51. The molecule has 1 saturated carbocycles. The van der Waals surface area contributed by atoms with Gasteiger partial charge in [-0.1, -0.05) is 11.6 Å². The van der Waals surface area contributed by atoms with E-state index < -0.39 is 5.41 Å². The summed E-state index contributed by atoms with van der Waals surface area (Å²) in [6.45, 7) is 3.12. The van der Waals surface area contributed by atoms with E-state index in [1.807, 2.05) is 29.2 Å². The smallest absolute Gasteiger partial charge is 0.235 e. The number of likely N-dealkylation sites (tertiary alicyclic amines) is 1. The van der Waals surface area contributed by atoms with Crippen LogP contribution in [0.3, 0.4) is 0 Å². The van der Waals surface area contributed by atoms with Gasteiger partial charge in [-0.15, -0.1) is 0 Å². The number of aryl methyl sites for hydroxylation is 1. The summed E-state index contributed by atoms with van der Waals surface area (Å²) in [7, 11) is 0. The van der Waals surface area contributed by atoms with Crippen molar-refractivity contribution in [2.24, 2.45) is 5.92 Å². The first kappa shape index (κ1) is 23.7. The minimum Gasteiger partial charge on any atom is -0.491 e. The molecule has 1 spiro atoms. The van der Waals surface area contributed by atoms with E-state index in [9.17, 15) is 14.7 Å². The van der Waals surface area contributed by atoms with Crippen molar-refractivity contribution >= 4 is 34.9 Å². The zero-order valence-electron chi connectivity index (χ0n) is 20.2. The van der Waals surface area contributed by atoms with Gasteiger partial charge in [0.1, 0.15) is 18.2 Å². The van der Waals surface area contributed by atoms with Crippen molar-refractivity contribution in [3.8, 4) is 5.75 Å². The second-order valence-corrected chi connectivity index (χ2v) is 10.9. The predicted octanol–water partition coefficient (Wildman–Crippen LogP) is 3.15. The van der Waals surface area contributed by atoms with E-state index in [-0.39, 0.29) is 30.4 Å². The lowest BCUT2D eigenvalue weighted by molar-refractivity contribution is -0.122. The van der Waals surface area contributed by atoms with Crippen LogP contribution in [0.25, 0.3) is 0 Å². The first-order valence-corrected chi connectivity index (χ1v) is 13.2. The zero-order chi connectivity index (χ0) is 24.9. The van der Waals surface area contributed by atoms with Gasteiger partial charge in [0.2, 0.25) is 11.8 Å². The summed E-state index contributed by atoms with van der Waals surface area (Å²) in [5.74, 6) is 1.95. The average Bonchev–Trinajstić information content (AvgIpc) is 3.11. The molecule has 2 N–H and O–H groups in total.